The number of ether oxygens (including phenoxy) is 4. The van der Waals surface area contributed by atoms with Crippen molar-refractivity contribution in [1.82, 2.24) is 5.32 Å². The number of phosphoric ester groups is 1. The second-order valence-electron chi connectivity index (χ2n) is 23.4. The van der Waals surface area contributed by atoms with Gasteiger partial charge in [-0.2, -0.15) is 0 Å². The smallest absolute Gasteiger partial charge is 0.387 e. The number of carbonyl (C=O) groups excluding carboxylic acids is 1. The van der Waals surface area contributed by atoms with E-state index in [0.717, 1.165) is 50.9 Å². The molecular formula is C58H114N2O16P+. The number of phosphoric acid groups is 1. The summed E-state index contributed by atoms with van der Waals surface area (Å²) in [7, 11) is 0.993. The topological polar surface area (TPSA) is 263 Å². The average molecular weight is 1130 g/mol. The van der Waals surface area contributed by atoms with Crippen molar-refractivity contribution in [2.24, 2.45) is 5.92 Å². The maximum atomic E-state index is 13.3. The van der Waals surface area contributed by atoms with Crippen LogP contribution in [0.25, 0.3) is 0 Å². The van der Waals surface area contributed by atoms with E-state index in [1.54, 1.807) is 6.08 Å². The third kappa shape index (κ3) is 33.5. The van der Waals surface area contributed by atoms with Gasteiger partial charge < -0.3 is 69.4 Å². The van der Waals surface area contributed by atoms with Crippen molar-refractivity contribution < 1.29 is 82.5 Å². The van der Waals surface area contributed by atoms with Gasteiger partial charge >= 0.3 is 7.82 Å². The number of nitrogens with zero attached hydrogens (tertiary/aromatic N) is 1. The molecule has 0 aromatic heterocycles. The van der Waals surface area contributed by atoms with Gasteiger partial charge in [-0.05, 0) is 25.2 Å². The minimum atomic E-state index is -4.61. The van der Waals surface area contributed by atoms with Crippen LogP contribution in [0.2, 0.25) is 0 Å². The van der Waals surface area contributed by atoms with E-state index in [1.807, 2.05) is 27.2 Å². The van der Waals surface area contributed by atoms with Crippen LogP contribution in [0.4, 0.5) is 0 Å². The zero-order valence-electron chi connectivity index (χ0n) is 48.9. The second-order valence-corrected chi connectivity index (χ2v) is 24.9. The summed E-state index contributed by atoms with van der Waals surface area (Å²) in [5.41, 5.74) is 0. The van der Waals surface area contributed by atoms with Crippen LogP contribution in [-0.2, 0) is 37.4 Å². The molecule has 2 rings (SSSR count). The van der Waals surface area contributed by atoms with Gasteiger partial charge in [0, 0.05) is 6.42 Å². The molecule has 2 aliphatic rings. The van der Waals surface area contributed by atoms with E-state index in [-0.39, 0.29) is 25.5 Å². The molecule has 0 saturated carbocycles. The summed E-state index contributed by atoms with van der Waals surface area (Å²) in [4.78, 5) is 23.5. The highest BCUT2D eigenvalue weighted by Crippen LogP contribution is 2.44. The molecule has 0 aromatic carbocycles. The molecule has 0 spiro atoms. The molecule has 456 valence electrons. The largest absolute Gasteiger partial charge is 0.472 e. The van der Waals surface area contributed by atoms with Gasteiger partial charge in [-0.25, -0.2) is 4.57 Å². The van der Waals surface area contributed by atoms with Gasteiger partial charge in [0.05, 0.1) is 53.1 Å². The molecule has 0 radical (unpaired) electrons. The highest BCUT2D eigenvalue weighted by Gasteiger charge is 2.48. The molecule has 77 heavy (non-hydrogen) atoms. The molecule has 2 saturated heterocycles. The molecule has 2 fully saturated rings. The number of rotatable bonds is 48. The van der Waals surface area contributed by atoms with Crippen molar-refractivity contribution in [1.29, 1.82) is 0 Å². The normalized spacial score (nSPS) is 26.2. The molecule has 0 aromatic rings. The summed E-state index contributed by atoms with van der Waals surface area (Å²) < 4.78 is 46.0. The summed E-state index contributed by atoms with van der Waals surface area (Å²) >= 11 is 0. The van der Waals surface area contributed by atoms with Crippen molar-refractivity contribution in [3.8, 4) is 0 Å². The summed E-state index contributed by atoms with van der Waals surface area (Å²) in [6.45, 7) is 5.43. The van der Waals surface area contributed by atoms with E-state index >= 15 is 0 Å². The molecule has 2 heterocycles. The second kappa shape index (κ2) is 42.6. The van der Waals surface area contributed by atoms with Crippen LogP contribution in [0.5, 0.6) is 0 Å². The van der Waals surface area contributed by atoms with Gasteiger partial charge in [-0.3, -0.25) is 13.8 Å². The molecule has 2 unspecified atom stereocenters. The van der Waals surface area contributed by atoms with Crippen molar-refractivity contribution >= 4 is 13.7 Å². The lowest BCUT2D eigenvalue weighted by atomic mass is 9.98. The molecule has 2 aliphatic heterocycles. The summed E-state index contributed by atoms with van der Waals surface area (Å²) in [5, 5.41) is 78.8. The third-order valence-corrected chi connectivity index (χ3v) is 16.2. The number of amides is 1. The number of likely N-dealkylation sites (N-methyl/N-ethyl adjacent to an activating group) is 1. The summed E-state index contributed by atoms with van der Waals surface area (Å²) in [5.74, 6) is 0.526. The standard InChI is InChI=1S/C58H113N2O16P/c1-7-9-10-11-12-13-14-15-16-17-18-19-20-21-22-23-27-30-33-36-39-50(62)59-46(47(61)38-35-32-29-26-24-25-28-31-34-37-45(3)8-2)42-71-57-55(67)53(65)51(63)48(75-57)43-72-58-56(68)54(66)52(64)49(76-58)44-74-77(69,70)73-41-40-60(4,5)6/h35,38,45-49,51-58,61,63-68H,7-34,36-37,39-44H2,1-6H3,(H-,59,62,69,70)/p+1/b38-35+/t45?,46-,47+,48+,49+,51-,52-,53-,54-,55+,56+,57+,58+/m0/s1. The molecule has 14 atom stereocenters. The molecule has 18 nitrogen and oxygen atoms in total. The van der Waals surface area contributed by atoms with Crippen molar-refractivity contribution in [3.63, 3.8) is 0 Å². The van der Waals surface area contributed by atoms with Gasteiger partial charge in [-0.15, -0.1) is 0 Å². The van der Waals surface area contributed by atoms with Crippen LogP contribution >= 0.6 is 7.82 Å². The Morgan fingerprint density at radius 1 is 0.597 bits per heavy atom. The minimum absolute atomic E-state index is 0.112. The van der Waals surface area contributed by atoms with Gasteiger partial charge in [0.1, 0.15) is 62.0 Å². The molecule has 19 heteroatoms. The monoisotopic (exact) mass is 1130 g/mol. The predicted octanol–water partition coefficient (Wildman–Crippen LogP) is 8.65. The quantitative estimate of drug-likeness (QED) is 0.0119. The van der Waals surface area contributed by atoms with Crippen molar-refractivity contribution in [3.05, 3.63) is 12.2 Å². The van der Waals surface area contributed by atoms with E-state index in [9.17, 15) is 50.0 Å². The number of aliphatic hydroxyl groups excluding tert-OH is 7. The number of hydrogen-bond donors (Lipinski definition) is 9. The first-order chi connectivity index (χ1) is 36.8. The van der Waals surface area contributed by atoms with E-state index in [1.165, 1.54) is 141 Å². The Kier molecular flexibility index (Phi) is 39.8. The Labute approximate surface area is 465 Å². The number of aliphatic hydroxyl groups is 7. The number of nitrogens with one attached hydrogen (secondary N) is 1. The van der Waals surface area contributed by atoms with Crippen LogP contribution in [-0.4, -0.2) is 179 Å². The van der Waals surface area contributed by atoms with Crippen LogP contribution in [0.15, 0.2) is 12.2 Å². The summed E-state index contributed by atoms with van der Waals surface area (Å²) in [6.07, 6.45) is 22.5. The molecular weight excluding hydrogens is 1010 g/mol. The Balaban J connectivity index is 1.89. The molecule has 9 N–H and O–H groups in total. The highest BCUT2D eigenvalue weighted by molar-refractivity contribution is 7.47. The molecule has 0 aliphatic carbocycles. The number of unbranched alkanes of at least 4 members (excludes halogenated alkanes) is 26. The van der Waals surface area contributed by atoms with Gasteiger partial charge in [-0.1, -0.05) is 206 Å². The maximum Gasteiger partial charge on any atom is 0.472 e. The number of quaternary nitrogens is 1. The molecule has 1 amide bonds. The average Bonchev–Trinajstić information content (AvgIpc) is 3.39. The fraction of sp³-hybridized carbons (Fsp3) is 0.948. The fourth-order valence-electron chi connectivity index (χ4n) is 9.67. The SMILES string of the molecule is CCCCCCCCCCCCCCCCCCCCCCC(=O)N[C@@H](CO[C@@H]1O[C@H](CO[C@@H]2O[C@H](COP(=O)(O)OCC[N+](C)(C)C)[C@H](O)[C@H](O)[C@H]2O)[C@H](O)[C@H](O)[C@H]1O)[C@H](O)/C=C/CCCCCCCCCC(C)CC. The van der Waals surface area contributed by atoms with Crippen LogP contribution in [0.3, 0.4) is 0 Å². The lowest BCUT2D eigenvalue weighted by Crippen LogP contribution is -2.62. The van der Waals surface area contributed by atoms with E-state index < -0.39 is 94.6 Å². The number of carbonyl (C=O) groups is 1. The van der Waals surface area contributed by atoms with E-state index in [2.05, 4.69) is 26.1 Å². The zero-order chi connectivity index (χ0) is 56.9. The lowest BCUT2D eigenvalue weighted by Gasteiger charge is -2.43. The summed E-state index contributed by atoms with van der Waals surface area (Å²) in [6, 6.07) is -0.955. The molecule has 0 bridgehead atoms. The first-order valence-corrected chi connectivity index (χ1v) is 32.0. The Hall–Kier alpha value is -1.16. The number of hydrogen-bond acceptors (Lipinski definition) is 15. The Morgan fingerprint density at radius 3 is 1.52 bits per heavy atom. The van der Waals surface area contributed by atoms with Crippen LogP contribution in [0, 0.1) is 5.92 Å². The highest BCUT2D eigenvalue weighted by atomic mass is 31.2. The minimum Gasteiger partial charge on any atom is -0.387 e. The third-order valence-electron chi connectivity index (χ3n) is 15.2. The maximum absolute atomic E-state index is 13.3. The zero-order valence-corrected chi connectivity index (χ0v) is 49.7. The van der Waals surface area contributed by atoms with Crippen molar-refractivity contribution in [2.75, 3.05) is 54.1 Å². The van der Waals surface area contributed by atoms with E-state index in [0.29, 0.717) is 17.4 Å². The van der Waals surface area contributed by atoms with Gasteiger partial charge in [0.15, 0.2) is 12.6 Å². The fourth-order valence-corrected chi connectivity index (χ4v) is 10.4. The predicted molar refractivity (Wildman–Crippen MR) is 301 cm³/mol. The first kappa shape index (κ1) is 71.9. The lowest BCUT2D eigenvalue weighted by molar-refractivity contribution is -0.870. The van der Waals surface area contributed by atoms with Crippen LogP contribution in [0.1, 0.15) is 220 Å². The first-order valence-electron chi connectivity index (χ1n) is 30.5. The Morgan fingerprint density at radius 2 is 1.04 bits per heavy atom. The van der Waals surface area contributed by atoms with Gasteiger partial charge in [0.2, 0.25) is 5.91 Å². The van der Waals surface area contributed by atoms with Gasteiger partial charge in [0.25, 0.3) is 0 Å². The van der Waals surface area contributed by atoms with Crippen LogP contribution < -0.4 is 5.32 Å². The number of allylic oxidation sites excluding steroid dienone is 1. The van der Waals surface area contributed by atoms with E-state index in [4.69, 9.17) is 28.0 Å². The van der Waals surface area contributed by atoms with Crippen molar-refractivity contribution in [2.45, 2.75) is 293 Å². The Bertz CT molecular complexity index is 1530.